The van der Waals surface area contributed by atoms with E-state index in [0.29, 0.717) is 5.92 Å². The van der Waals surface area contributed by atoms with E-state index in [9.17, 15) is 9.90 Å². The Balaban J connectivity index is 2.20. The number of aryl methyl sites for hydroxylation is 2. The van der Waals surface area contributed by atoms with E-state index in [1.165, 1.54) is 6.42 Å². The van der Waals surface area contributed by atoms with Crippen molar-refractivity contribution < 1.29 is 5.11 Å². The van der Waals surface area contributed by atoms with Crippen molar-refractivity contribution in [1.29, 1.82) is 0 Å². The summed E-state index contributed by atoms with van der Waals surface area (Å²) in [5.74, 6) is 0.337. The van der Waals surface area contributed by atoms with Crippen molar-refractivity contribution in [2.75, 3.05) is 0 Å². The number of aliphatic hydroxyl groups is 1. The maximum atomic E-state index is 11.4. The molecule has 0 radical (unpaired) electrons. The molecular formula is C14H21NO2. The van der Waals surface area contributed by atoms with Gasteiger partial charge in [-0.05, 0) is 26.7 Å². The Hall–Kier alpha value is -1.09. The second kappa shape index (κ2) is 5.05. The van der Waals surface area contributed by atoms with Gasteiger partial charge in [-0.15, -0.1) is 0 Å². The zero-order valence-corrected chi connectivity index (χ0v) is 10.6. The summed E-state index contributed by atoms with van der Waals surface area (Å²) in [7, 11) is 0. The molecule has 1 aliphatic carbocycles. The van der Waals surface area contributed by atoms with E-state index in [4.69, 9.17) is 0 Å². The van der Waals surface area contributed by atoms with Crippen molar-refractivity contribution in [3.8, 4) is 0 Å². The van der Waals surface area contributed by atoms with Gasteiger partial charge in [0.25, 0.3) is 0 Å². The average molecular weight is 235 g/mol. The minimum absolute atomic E-state index is 0.0699. The molecule has 1 heterocycles. The van der Waals surface area contributed by atoms with Gasteiger partial charge in [0, 0.05) is 36.0 Å². The van der Waals surface area contributed by atoms with Gasteiger partial charge in [-0.3, -0.25) is 4.79 Å². The molecule has 1 saturated carbocycles. The van der Waals surface area contributed by atoms with Crippen LogP contribution >= 0.6 is 0 Å². The van der Waals surface area contributed by atoms with Gasteiger partial charge in [0.05, 0.1) is 6.10 Å². The molecule has 1 aromatic rings. The van der Waals surface area contributed by atoms with Gasteiger partial charge >= 0.3 is 0 Å². The van der Waals surface area contributed by atoms with Gasteiger partial charge in [-0.2, -0.15) is 0 Å². The lowest BCUT2D eigenvalue weighted by Gasteiger charge is -2.29. The third-order valence-electron chi connectivity index (χ3n) is 3.84. The zero-order valence-electron chi connectivity index (χ0n) is 10.6. The smallest absolute Gasteiger partial charge is 0.182 e. The monoisotopic (exact) mass is 235 g/mol. The molecule has 0 bridgehead atoms. The van der Waals surface area contributed by atoms with Crippen molar-refractivity contribution in [3.05, 3.63) is 33.7 Å². The number of nitrogens with zero attached hydrogens (tertiary/aromatic N) is 1. The van der Waals surface area contributed by atoms with E-state index < -0.39 is 0 Å². The van der Waals surface area contributed by atoms with Crippen LogP contribution in [-0.4, -0.2) is 15.8 Å². The quantitative estimate of drug-likeness (QED) is 0.852. The number of aliphatic hydroxyl groups excluding tert-OH is 1. The minimum atomic E-state index is -0.179. The molecule has 1 fully saturated rings. The van der Waals surface area contributed by atoms with Crippen LogP contribution < -0.4 is 5.43 Å². The summed E-state index contributed by atoms with van der Waals surface area (Å²) in [4.78, 5) is 11.4. The second-order valence-corrected chi connectivity index (χ2v) is 5.20. The average Bonchev–Trinajstić information content (AvgIpc) is 2.25. The van der Waals surface area contributed by atoms with Gasteiger partial charge in [-0.25, -0.2) is 0 Å². The van der Waals surface area contributed by atoms with Gasteiger partial charge in [0.2, 0.25) is 0 Å². The predicted molar refractivity (Wildman–Crippen MR) is 68.1 cm³/mol. The Morgan fingerprint density at radius 2 is 1.82 bits per heavy atom. The molecule has 94 valence electrons. The summed E-state index contributed by atoms with van der Waals surface area (Å²) < 4.78 is 2.15. The molecule has 0 spiro atoms. The molecule has 0 aromatic carbocycles. The fourth-order valence-electron chi connectivity index (χ4n) is 2.81. The zero-order chi connectivity index (χ0) is 12.4. The number of aromatic nitrogens is 1. The van der Waals surface area contributed by atoms with Crippen LogP contribution in [0.3, 0.4) is 0 Å². The minimum Gasteiger partial charge on any atom is -0.393 e. The van der Waals surface area contributed by atoms with Crippen molar-refractivity contribution in [2.24, 2.45) is 5.92 Å². The molecule has 2 unspecified atom stereocenters. The summed E-state index contributed by atoms with van der Waals surface area (Å²) >= 11 is 0. The lowest BCUT2D eigenvalue weighted by atomic mass is 9.86. The molecule has 1 aromatic heterocycles. The Morgan fingerprint density at radius 1 is 1.24 bits per heavy atom. The van der Waals surface area contributed by atoms with Gasteiger partial charge < -0.3 is 9.67 Å². The third kappa shape index (κ3) is 2.78. The second-order valence-electron chi connectivity index (χ2n) is 5.20. The highest BCUT2D eigenvalue weighted by atomic mass is 16.3. The van der Waals surface area contributed by atoms with Crippen LogP contribution in [0.15, 0.2) is 16.9 Å². The fraction of sp³-hybridized carbons (Fsp3) is 0.643. The number of pyridine rings is 1. The molecular weight excluding hydrogens is 214 g/mol. The van der Waals surface area contributed by atoms with E-state index in [1.54, 1.807) is 12.1 Å². The maximum absolute atomic E-state index is 11.4. The number of hydrogen-bond acceptors (Lipinski definition) is 2. The summed E-state index contributed by atoms with van der Waals surface area (Å²) in [6, 6.07) is 3.34. The Labute approximate surface area is 102 Å². The number of rotatable bonds is 2. The van der Waals surface area contributed by atoms with Crippen LogP contribution in [0.4, 0.5) is 0 Å². The highest BCUT2D eigenvalue weighted by Crippen LogP contribution is 2.26. The summed E-state index contributed by atoms with van der Waals surface area (Å²) in [6.45, 7) is 4.76. The molecule has 3 heteroatoms. The molecule has 0 amide bonds. The number of hydrogen-bond donors (Lipinski definition) is 1. The predicted octanol–water partition coefficient (Wildman–Crippen LogP) is 2.02. The SMILES string of the molecule is Cc1cc(=O)cc(C)n1CC1CCCCC1O. The van der Waals surface area contributed by atoms with Crippen LogP contribution in [-0.2, 0) is 6.54 Å². The Bertz CT molecular complexity index is 424. The van der Waals surface area contributed by atoms with Crippen LogP contribution in [0.5, 0.6) is 0 Å². The Kier molecular flexibility index (Phi) is 3.67. The highest BCUT2D eigenvalue weighted by molar-refractivity contribution is 5.12. The molecule has 3 nitrogen and oxygen atoms in total. The first-order chi connectivity index (χ1) is 8.08. The van der Waals surface area contributed by atoms with Crippen molar-refractivity contribution in [3.63, 3.8) is 0 Å². The molecule has 1 N–H and O–H groups in total. The molecule has 17 heavy (non-hydrogen) atoms. The van der Waals surface area contributed by atoms with Gasteiger partial charge in [-0.1, -0.05) is 12.8 Å². The summed E-state index contributed by atoms with van der Waals surface area (Å²) in [5, 5.41) is 9.99. The lowest BCUT2D eigenvalue weighted by molar-refractivity contribution is 0.0600. The topological polar surface area (TPSA) is 42.2 Å². The normalized spacial score (nSPS) is 24.9. The van der Waals surface area contributed by atoms with E-state index in [1.807, 2.05) is 13.8 Å². The first-order valence-electron chi connectivity index (χ1n) is 6.44. The van der Waals surface area contributed by atoms with E-state index in [2.05, 4.69) is 4.57 Å². The molecule has 1 aliphatic rings. The Morgan fingerprint density at radius 3 is 2.41 bits per heavy atom. The van der Waals surface area contributed by atoms with Crippen molar-refractivity contribution in [2.45, 2.75) is 52.2 Å². The van der Waals surface area contributed by atoms with Crippen LogP contribution in [0.2, 0.25) is 0 Å². The lowest BCUT2D eigenvalue weighted by Crippen LogP contribution is -2.30. The van der Waals surface area contributed by atoms with Crippen LogP contribution in [0.1, 0.15) is 37.1 Å². The largest absolute Gasteiger partial charge is 0.393 e. The molecule has 0 aliphatic heterocycles. The van der Waals surface area contributed by atoms with Crippen LogP contribution in [0, 0.1) is 19.8 Å². The first kappa shape index (κ1) is 12.4. The molecule has 0 saturated heterocycles. The molecule has 2 rings (SSSR count). The fourth-order valence-corrected chi connectivity index (χ4v) is 2.81. The highest BCUT2D eigenvalue weighted by Gasteiger charge is 2.23. The molecule has 2 atom stereocenters. The first-order valence-corrected chi connectivity index (χ1v) is 6.44. The van der Waals surface area contributed by atoms with Crippen molar-refractivity contribution >= 4 is 0 Å². The summed E-state index contributed by atoms with van der Waals surface area (Å²) in [5.41, 5.74) is 2.06. The van der Waals surface area contributed by atoms with Gasteiger partial charge in [0.1, 0.15) is 0 Å². The van der Waals surface area contributed by atoms with Crippen LogP contribution in [0.25, 0.3) is 0 Å². The van der Waals surface area contributed by atoms with Gasteiger partial charge in [0.15, 0.2) is 5.43 Å². The van der Waals surface area contributed by atoms with E-state index in [-0.39, 0.29) is 11.5 Å². The maximum Gasteiger partial charge on any atom is 0.182 e. The third-order valence-corrected chi connectivity index (χ3v) is 3.84. The van der Waals surface area contributed by atoms with E-state index in [0.717, 1.165) is 37.2 Å². The summed E-state index contributed by atoms with van der Waals surface area (Å²) in [6.07, 6.45) is 4.18. The van der Waals surface area contributed by atoms with Crippen molar-refractivity contribution in [1.82, 2.24) is 4.57 Å². The standard InChI is InChI=1S/C14H21NO2/c1-10-7-13(16)8-11(2)15(10)9-12-5-3-4-6-14(12)17/h7-8,12,14,17H,3-6,9H2,1-2H3. The van der Waals surface area contributed by atoms with E-state index >= 15 is 0 Å².